The first-order valence-corrected chi connectivity index (χ1v) is 15.4. The zero-order valence-corrected chi connectivity index (χ0v) is 25.3. The normalized spacial score (nSPS) is 13.3. The molecule has 194 valence electrons. The Hall–Kier alpha value is -3.98. The van der Waals surface area contributed by atoms with Crippen LogP contribution in [0.25, 0.3) is 43.8 Å². The predicted molar refractivity (Wildman–Crippen MR) is 180 cm³/mol. The number of benzene rings is 7. The van der Waals surface area contributed by atoms with Gasteiger partial charge in [0.1, 0.15) is 0 Å². The van der Waals surface area contributed by atoms with Crippen molar-refractivity contribution in [3.05, 3.63) is 177 Å². The van der Waals surface area contributed by atoms with Crippen molar-refractivity contribution < 1.29 is 0 Å². The molecule has 1 aliphatic rings. The highest BCUT2D eigenvalue weighted by Crippen LogP contribution is 2.58. The van der Waals surface area contributed by atoms with Gasteiger partial charge in [0, 0.05) is 8.95 Å². The fourth-order valence-electron chi connectivity index (χ4n) is 6.94. The zero-order chi connectivity index (χ0) is 27.6. The van der Waals surface area contributed by atoms with E-state index in [9.17, 15) is 0 Å². The van der Waals surface area contributed by atoms with Crippen LogP contribution >= 0.6 is 31.9 Å². The second-order valence-corrected chi connectivity index (χ2v) is 12.6. The van der Waals surface area contributed by atoms with Gasteiger partial charge in [-0.1, -0.05) is 135 Å². The van der Waals surface area contributed by atoms with Gasteiger partial charge in [0.2, 0.25) is 0 Å². The third kappa shape index (κ3) is 3.71. The van der Waals surface area contributed by atoms with E-state index in [-0.39, 0.29) is 0 Å². The van der Waals surface area contributed by atoms with Crippen LogP contribution in [0, 0.1) is 0 Å². The van der Waals surface area contributed by atoms with Crippen molar-refractivity contribution in [2.24, 2.45) is 0 Å². The average Bonchev–Trinajstić information content (AvgIpc) is 3.30. The first-order chi connectivity index (χ1) is 20.1. The third-order valence-corrected chi connectivity index (χ3v) is 9.62. The molecule has 0 saturated carbocycles. The van der Waals surface area contributed by atoms with Gasteiger partial charge >= 0.3 is 0 Å². The highest BCUT2D eigenvalue weighted by atomic mass is 79.9. The predicted octanol–water partition coefficient (Wildman–Crippen LogP) is 11.5. The maximum atomic E-state index is 3.83. The smallest absolute Gasteiger partial charge is 0.0622 e. The summed E-state index contributed by atoms with van der Waals surface area (Å²) in [7, 11) is 0. The van der Waals surface area contributed by atoms with E-state index in [0.717, 1.165) is 8.95 Å². The van der Waals surface area contributed by atoms with Crippen molar-refractivity contribution in [2.45, 2.75) is 5.41 Å². The summed E-state index contributed by atoms with van der Waals surface area (Å²) in [6.45, 7) is 0. The molecule has 0 aromatic heterocycles. The Balaban J connectivity index is 1.59. The first kappa shape index (κ1) is 24.8. The van der Waals surface area contributed by atoms with Crippen molar-refractivity contribution in [2.75, 3.05) is 0 Å². The van der Waals surface area contributed by atoms with Crippen LogP contribution in [-0.4, -0.2) is 0 Å². The number of fused-ring (bicyclic) bond motifs is 6. The molecule has 41 heavy (non-hydrogen) atoms. The van der Waals surface area contributed by atoms with Crippen molar-refractivity contribution in [3.8, 4) is 22.3 Å². The van der Waals surface area contributed by atoms with E-state index < -0.39 is 5.41 Å². The minimum Gasteiger partial charge on any atom is -0.0622 e. The first-order valence-electron chi connectivity index (χ1n) is 13.8. The van der Waals surface area contributed by atoms with Crippen LogP contribution in [0.5, 0.6) is 0 Å². The van der Waals surface area contributed by atoms with Crippen LogP contribution < -0.4 is 0 Å². The topological polar surface area (TPSA) is 0 Å². The molecule has 0 N–H and O–H groups in total. The maximum absolute atomic E-state index is 3.83. The summed E-state index contributed by atoms with van der Waals surface area (Å²) in [6, 6.07) is 53.5. The number of hydrogen-bond donors (Lipinski definition) is 0. The summed E-state index contributed by atoms with van der Waals surface area (Å²) in [5.74, 6) is 0. The molecule has 7 aromatic carbocycles. The Labute approximate surface area is 256 Å². The molecular formula is C39H24Br2. The van der Waals surface area contributed by atoms with Crippen molar-refractivity contribution >= 4 is 53.4 Å². The average molecular weight is 652 g/mol. The number of halogens is 2. The van der Waals surface area contributed by atoms with Crippen LogP contribution in [0.15, 0.2) is 155 Å². The van der Waals surface area contributed by atoms with Gasteiger partial charge in [-0.15, -0.1) is 0 Å². The van der Waals surface area contributed by atoms with Gasteiger partial charge in [-0.05, 0) is 109 Å². The molecule has 0 saturated heterocycles. The van der Waals surface area contributed by atoms with Crippen LogP contribution in [0.1, 0.15) is 22.3 Å². The molecule has 0 aliphatic heterocycles. The monoisotopic (exact) mass is 650 g/mol. The molecule has 0 amide bonds. The fourth-order valence-corrected chi connectivity index (χ4v) is 7.68. The molecule has 0 atom stereocenters. The summed E-state index contributed by atoms with van der Waals surface area (Å²) in [5.41, 5.74) is 9.79. The summed E-state index contributed by atoms with van der Waals surface area (Å²) in [6.07, 6.45) is 0. The zero-order valence-electron chi connectivity index (χ0n) is 22.1. The molecule has 0 unspecified atom stereocenters. The van der Waals surface area contributed by atoms with Gasteiger partial charge in [0.05, 0.1) is 5.41 Å². The summed E-state index contributed by atoms with van der Waals surface area (Å²) in [4.78, 5) is 0. The second-order valence-electron chi connectivity index (χ2n) is 10.8. The molecular weight excluding hydrogens is 628 g/mol. The van der Waals surface area contributed by atoms with E-state index in [2.05, 4.69) is 177 Å². The van der Waals surface area contributed by atoms with Crippen LogP contribution in [0.3, 0.4) is 0 Å². The van der Waals surface area contributed by atoms with Crippen LogP contribution in [-0.2, 0) is 5.41 Å². The fraction of sp³-hybridized carbons (Fsp3) is 0.0256. The van der Waals surface area contributed by atoms with Crippen molar-refractivity contribution in [1.82, 2.24) is 0 Å². The van der Waals surface area contributed by atoms with Crippen LogP contribution in [0.2, 0.25) is 0 Å². The molecule has 0 radical (unpaired) electrons. The standard InChI is InChI=1S/C39H24Br2/c40-29-16-18-31-26(20-29)21-33(25-10-4-1-5-11-25)34-23-36-32-19-17-30(41)22-37(32)39(38(36)24-35(31)34,27-12-6-2-7-13-27)28-14-8-3-9-15-28/h1-24H. The van der Waals surface area contributed by atoms with E-state index in [4.69, 9.17) is 0 Å². The lowest BCUT2D eigenvalue weighted by Gasteiger charge is -2.34. The summed E-state index contributed by atoms with van der Waals surface area (Å²) >= 11 is 7.56. The number of rotatable bonds is 3. The Bertz CT molecular complexity index is 2060. The lowest BCUT2D eigenvalue weighted by atomic mass is 9.67. The molecule has 7 aromatic rings. The Morgan fingerprint density at radius 1 is 0.390 bits per heavy atom. The van der Waals surface area contributed by atoms with Crippen molar-refractivity contribution in [1.29, 1.82) is 0 Å². The Kier molecular flexibility index (Phi) is 5.77. The summed E-state index contributed by atoms with van der Waals surface area (Å²) in [5, 5.41) is 5.04. The second kappa shape index (κ2) is 9.55. The van der Waals surface area contributed by atoms with E-state index in [0.29, 0.717) is 0 Å². The van der Waals surface area contributed by atoms with E-state index in [1.54, 1.807) is 0 Å². The van der Waals surface area contributed by atoms with Crippen molar-refractivity contribution in [3.63, 3.8) is 0 Å². The molecule has 0 spiro atoms. The lowest BCUT2D eigenvalue weighted by Crippen LogP contribution is -2.28. The van der Waals surface area contributed by atoms with Gasteiger partial charge in [-0.2, -0.15) is 0 Å². The Morgan fingerprint density at radius 2 is 0.976 bits per heavy atom. The van der Waals surface area contributed by atoms with Gasteiger partial charge in [-0.25, -0.2) is 0 Å². The van der Waals surface area contributed by atoms with E-state index in [1.807, 2.05) is 0 Å². The molecule has 2 heteroatoms. The third-order valence-electron chi connectivity index (χ3n) is 8.63. The van der Waals surface area contributed by atoms with Crippen LogP contribution in [0.4, 0.5) is 0 Å². The summed E-state index contributed by atoms with van der Waals surface area (Å²) < 4.78 is 2.18. The molecule has 0 bridgehead atoms. The van der Waals surface area contributed by atoms with E-state index >= 15 is 0 Å². The maximum Gasteiger partial charge on any atom is 0.0714 e. The minimum atomic E-state index is -0.449. The highest BCUT2D eigenvalue weighted by molar-refractivity contribution is 9.10. The van der Waals surface area contributed by atoms with Gasteiger partial charge < -0.3 is 0 Å². The van der Waals surface area contributed by atoms with E-state index in [1.165, 1.54) is 66.1 Å². The van der Waals surface area contributed by atoms with Gasteiger partial charge in [-0.3, -0.25) is 0 Å². The molecule has 0 heterocycles. The lowest BCUT2D eigenvalue weighted by molar-refractivity contribution is 0.769. The van der Waals surface area contributed by atoms with Gasteiger partial charge in [0.15, 0.2) is 0 Å². The molecule has 8 rings (SSSR count). The SMILES string of the molecule is Brc1ccc2c(c1)C(c1ccccc1)(c1ccccc1)c1cc3c(cc1-2)c(-c1ccccc1)cc1cc(Br)ccc13. The largest absolute Gasteiger partial charge is 0.0714 e. The Morgan fingerprint density at radius 3 is 1.66 bits per heavy atom. The number of hydrogen-bond acceptors (Lipinski definition) is 0. The molecule has 1 aliphatic carbocycles. The molecule has 0 nitrogen and oxygen atoms in total. The highest BCUT2D eigenvalue weighted by Gasteiger charge is 2.46. The molecule has 0 fully saturated rings. The quantitative estimate of drug-likeness (QED) is 0.167. The van der Waals surface area contributed by atoms with Gasteiger partial charge in [0.25, 0.3) is 0 Å². The minimum absolute atomic E-state index is 0.449.